The monoisotopic (exact) mass is 247 g/mol. The summed E-state index contributed by atoms with van der Waals surface area (Å²) in [5.74, 6) is 0. The van der Waals surface area contributed by atoms with Gasteiger partial charge in [-0.05, 0) is 57.0 Å². The zero-order valence-electron chi connectivity index (χ0n) is 11.9. The Balaban J connectivity index is 2.06. The average molecular weight is 247 g/mol. The summed E-state index contributed by atoms with van der Waals surface area (Å²) in [7, 11) is 0. The van der Waals surface area contributed by atoms with E-state index in [1.807, 2.05) is 12.4 Å². The summed E-state index contributed by atoms with van der Waals surface area (Å²) in [5, 5.41) is 3.68. The Kier molecular flexibility index (Phi) is 4.36. The fourth-order valence-electron chi connectivity index (χ4n) is 2.61. The zero-order chi connectivity index (χ0) is 13.0. The zero-order valence-corrected chi connectivity index (χ0v) is 11.9. The highest BCUT2D eigenvalue weighted by molar-refractivity contribution is 5.21. The Morgan fingerprint density at radius 2 is 2.33 bits per heavy atom. The number of nitrogens with one attached hydrogen (secondary N) is 1. The van der Waals surface area contributed by atoms with Gasteiger partial charge in [0.15, 0.2) is 0 Å². The number of pyridine rings is 1. The molecule has 0 aromatic carbocycles. The van der Waals surface area contributed by atoms with E-state index in [2.05, 4.69) is 42.0 Å². The average Bonchev–Trinajstić information content (AvgIpc) is 2.55. The van der Waals surface area contributed by atoms with E-state index >= 15 is 0 Å². The summed E-state index contributed by atoms with van der Waals surface area (Å²) >= 11 is 0. The summed E-state index contributed by atoms with van der Waals surface area (Å²) in [4.78, 5) is 6.75. The lowest BCUT2D eigenvalue weighted by Gasteiger charge is -2.33. The molecule has 3 nitrogen and oxygen atoms in total. The van der Waals surface area contributed by atoms with Gasteiger partial charge in [-0.1, -0.05) is 6.92 Å². The van der Waals surface area contributed by atoms with E-state index in [4.69, 9.17) is 0 Å². The van der Waals surface area contributed by atoms with Gasteiger partial charge < -0.3 is 5.32 Å². The topological polar surface area (TPSA) is 28.2 Å². The van der Waals surface area contributed by atoms with Crippen LogP contribution in [-0.2, 0) is 6.54 Å². The van der Waals surface area contributed by atoms with Gasteiger partial charge >= 0.3 is 0 Å². The van der Waals surface area contributed by atoms with E-state index < -0.39 is 0 Å². The van der Waals surface area contributed by atoms with Crippen LogP contribution < -0.4 is 5.32 Å². The van der Waals surface area contributed by atoms with E-state index in [9.17, 15) is 0 Å². The molecular weight excluding hydrogens is 222 g/mol. The van der Waals surface area contributed by atoms with Gasteiger partial charge in [0.2, 0.25) is 0 Å². The van der Waals surface area contributed by atoms with Gasteiger partial charge in [0.1, 0.15) is 0 Å². The normalized spacial score (nSPS) is 25.9. The lowest BCUT2D eigenvalue weighted by molar-refractivity contribution is 0.208. The van der Waals surface area contributed by atoms with Gasteiger partial charge in [-0.15, -0.1) is 0 Å². The van der Waals surface area contributed by atoms with Gasteiger partial charge in [0.05, 0.1) is 0 Å². The number of hydrogen-bond donors (Lipinski definition) is 1. The quantitative estimate of drug-likeness (QED) is 0.888. The van der Waals surface area contributed by atoms with Crippen LogP contribution in [0, 0.1) is 6.92 Å². The lowest BCUT2D eigenvalue weighted by Crippen LogP contribution is -2.48. The van der Waals surface area contributed by atoms with Gasteiger partial charge in [-0.25, -0.2) is 0 Å². The maximum absolute atomic E-state index is 4.17. The molecule has 1 fully saturated rings. The van der Waals surface area contributed by atoms with Crippen molar-refractivity contribution in [3.63, 3.8) is 0 Å². The maximum Gasteiger partial charge on any atom is 0.0300 e. The number of nitrogens with zero attached hydrogens (tertiary/aromatic N) is 2. The minimum atomic E-state index is 0.261. The predicted molar refractivity (Wildman–Crippen MR) is 75.6 cm³/mol. The molecule has 0 spiro atoms. The van der Waals surface area contributed by atoms with Gasteiger partial charge in [0, 0.05) is 31.0 Å². The third-order valence-electron chi connectivity index (χ3n) is 4.09. The molecule has 0 radical (unpaired) electrons. The van der Waals surface area contributed by atoms with Crippen LogP contribution in [0.3, 0.4) is 0 Å². The fourth-order valence-corrected chi connectivity index (χ4v) is 2.61. The highest BCUT2D eigenvalue weighted by atomic mass is 15.2. The Bertz CT molecular complexity index is 391. The first-order valence-corrected chi connectivity index (χ1v) is 7.00. The summed E-state index contributed by atoms with van der Waals surface area (Å²) in [6.07, 6.45) is 6.28. The number of aryl methyl sites for hydroxylation is 1. The SMILES string of the molecule is CCC1(C)CN(Cc2ccncc2C)CCCN1. The van der Waals surface area contributed by atoms with Gasteiger partial charge in [-0.2, -0.15) is 0 Å². The summed E-state index contributed by atoms with van der Waals surface area (Å²) in [6, 6.07) is 2.15. The first kappa shape index (κ1) is 13.5. The Morgan fingerprint density at radius 3 is 3.06 bits per heavy atom. The Hall–Kier alpha value is -0.930. The van der Waals surface area contributed by atoms with Crippen LogP contribution in [-0.4, -0.2) is 35.1 Å². The minimum absolute atomic E-state index is 0.261. The molecule has 2 rings (SSSR count). The van der Waals surface area contributed by atoms with E-state index in [0.717, 1.165) is 19.6 Å². The smallest absolute Gasteiger partial charge is 0.0300 e. The molecule has 3 heteroatoms. The van der Waals surface area contributed by atoms with Crippen LogP contribution >= 0.6 is 0 Å². The molecule has 1 aliphatic heterocycles. The van der Waals surface area contributed by atoms with Crippen LogP contribution in [0.25, 0.3) is 0 Å². The van der Waals surface area contributed by atoms with Crippen molar-refractivity contribution in [2.75, 3.05) is 19.6 Å². The largest absolute Gasteiger partial charge is 0.310 e. The van der Waals surface area contributed by atoms with Crippen molar-refractivity contribution < 1.29 is 0 Å². The third-order valence-corrected chi connectivity index (χ3v) is 4.09. The lowest BCUT2D eigenvalue weighted by atomic mass is 9.98. The van der Waals surface area contributed by atoms with Crippen LogP contribution in [0.1, 0.15) is 37.8 Å². The van der Waals surface area contributed by atoms with Gasteiger partial charge in [-0.3, -0.25) is 9.88 Å². The number of rotatable bonds is 3. The molecule has 0 bridgehead atoms. The molecule has 1 N–H and O–H groups in total. The second kappa shape index (κ2) is 5.81. The molecule has 0 amide bonds. The van der Waals surface area contributed by atoms with E-state index in [1.165, 1.54) is 30.5 Å². The second-order valence-corrected chi connectivity index (χ2v) is 5.71. The van der Waals surface area contributed by atoms with Crippen LogP contribution in [0.2, 0.25) is 0 Å². The van der Waals surface area contributed by atoms with E-state index in [0.29, 0.717) is 0 Å². The fraction of sp³-hybridized carbons (Fsp3) is 0.667. The number of hydrogen-bond acceptors (Lipinski definition) is 3. The first-order chi connectivity index (χ1) is 8.63. The summed E-state index contributed by atoms with van der Waals surface area (Å²) in [5.41, 5.74) is 2.97. The summed E-state index contributed by atoms with van der Waals surface area (Å²) in [6.45, 7) is 11.3. The molecule has 0 aliphatic carbocycles. The standard InChI is InChI=1S/C15H25N3/c1-4-15(3)12-18(9-5-7-17-15)11-14-6-8-16-10-13(14)2/h6,8,10,17H,4-5,7,9,11-12H2,1-3H3. The van der Waals surface area contributed by atoms with Crippen molar-refractivity contribution >= 4 is 0 Å². The van der Waals surface area contributed by atoms with Gasteiger partial charge in [0.25, 0.3) is 0 Å². The molecule has 2 heterocycles. The Morgan fingerprint density at radius 1 is 1.50 bits per heavy atom. The highest BCUT2D eigenvalue weighted by Gasteiger charge is 2.27. The molecule has 1 atom stereocenters. The van der Waals surface area contributed by atoms with Crippen molar-refractivity contribution in [3.05, 3.63) is 29.6 Å². The maximum atomic E-state index is 4.17. The van der Waals surface area contributed by atoms with E-state index in [-0.39, 0.29) is 5.54 Å². The Labute approximate surface area is 111 Å². The molecule has 1 saturated heterocycles. The molecule has 1 aliphatic rings. The molecule has 100 valence electrons. The molecule has 1 aromatic heterocycles. The molecule has 1 unspecified atom stereocenters. The van der Waals surface area contributed by atoms with Crippen molar-refractivity contribution in [2.24, 2.45) is 0 Å². The van der Waals surface area contributed by atoms with Crippen LogP contribution in [0.4, 0.5) is 0 Å². The summed E-state index contributed by atoms with van der Waals surface area (Å²) < 4.78 is 0. The van der Waals surface area contributed by atoms with Crippen molar-refractivity contribution in [1.29, 1.82) is 0 Å². The van der Waals surface area contributed by atoms with Crippen molar-refractivity contribution in [1.82, 2.24) is 15.2 Å². The first-order valence-electron chi connectivity index (χ1n) is 7.00. The van der Waals surface area contributed by atoms with Crippen molar-refractivity contribution in [2.45, 2.75) is 45.7 Å². The molecule has 1 aromatic rings. The molecule has 18 heavy (non-hydrogen) atoms. The second-order valence-electron chi connectivity index (χ2n) is 5.71. The van der Waals surface area contributed by atoms with Crippen LogP contribution in [0.5, 0.6) is 0 Å². The van der Waals surface area contributed by atoms with Crippen LogP contribution in [0.15, 0.2) is 18.5 Å². The minimum Gasteiger partial charge on any atom is -0.310 e. The predicted octanol–water partition coefficient (Wildman–Crippen LogP) is 2.35. The van der Waals surface area contributed by atoms with Crippen molar-refractivity contribution in [3.8, 4) is 0 Å². The number of aromatic nitrogens is 1. The molecule has 0 saturated carbocycles. The third kappa shape index (κ3) is 3.30. The highest BCUT2D eigenvalue weighted by Crippen LogP contribution is 2.18. The van der Waals surface area contributed by atoms with E-state index in [1.54, 1.807) is 0 Å². The molecular formula is C15H25N3.